The molecule has 144 valence electrons. The average molecular weight is 416 g/mol. The third kappa shape index (κ3) is 4.97. The summed E-state index contributed by atoms with van der Waals surface area (Å²) < 4.78 is 11.2. The molecule has 28 heavy (non-hydrogen) atoms. The topological polar surface area (TPSA) is 47.6 Å². The van der Waals surface area contributed by atoms with E-state index in [-0.39, 0.29) is 12.5 Å². The first-order valence-corrected chi connectivity index (χ1v) is 9.34. The Morgan fingerprint density at radius 3 is 2.46 bits per heavy atom. The second-order valence-electron chi connectivity index (χ2n) is 6.21. The van der Waals surface area contributed by atoms with Gasteiger partial charge in [-0.1, -0.05) is 40.9 Å². The van der Waals surface area contributed by atoms with Crippen molar-refractivity contribution in [1.29, 1.82) is 0 Å². The quantitative estimate of drug-likeness (QED) is 0.525. The number of anilines is 1. The predicted molar refractivity (Wildman–Crippen MR) is 113 cm³/mol. The van der Waals surface area contributed by atoms with Gasteiger partial charge >= 0.3 is 0 Å². The second-order valence-corrected chi connectivity index (χ2v) is 7.05. The SMILES string of the molecule is COc1ccc(C(=O)Nc2cc(Cl)ccc2Cl)cc1COc1ccc(C)cc1. The Morgan fingerprint density at radius 2 is 1.75 bits per heavy atom. The Labute approximate surface area is 174 Å². The van der Waals surface area contributed by atoms with Crippen LogP contribution < -0.4 is 14.8 Å². The molecule has 1 amide bonds. The molecule has 4 nitrogen and oxygen atoms in total. The highest BCUT2D eigenvalue weighted by Gasteiger charge is 2.13. The number of nitrogens with one attached hydrogen (secondary N) is 1. The number of amides is 1. The smallest absolute Gasteiger partial charge is 0.255 e. The summed E-state index contributed by atoms with van der Waals surface area (Å²) in [5.74, 6) is 1.08. The van der Waals surface area contributed by atoms with Gasteiger partial charge in [-0.3, -0.25) is 4.79 Å². The van der Waals surface area contributed by atoms with Crippen LogP contribution in [0.15, 0.2) is 60.7 Å². The van der Waals surface area contributed by atoms with Crippen molar-refractivity contribution in [2.75, 3.05) is 12.4 Å². The highest BCUT2D eigenvalue weighted by molar-refractivity contribution is 6.35. The molecule has 0 aromatic heterocycles. The normalized spacial score (nSPS) is 10.4. The molecular formula is C22H19Cl2NO3. The van der Waals surface area contributed by atoms with E-state index in [1.807, 2.05) is 31.2 Å². The fourth-order valence-corrected chi connectivity index (χ4v) is 2.95. The molecule has 0 saturated heterocycles. The molecule has 3 aromatic carbocycles. The minimum absolute atomic E-state index is 0.269. The van der Waals surface area contributed by atoms with E-state index >= 15 is 0 Å². The van der Waals surface area contributed by atoms with Crippen LogP contribution >= 0.6 is 23.2 Å². The van der Waals surface area contributed by atoms with Gasteiger partial charge in [0.1, 0.15) is 18.1 Å². The van der Waals surface area contributed by atoms with Crippen LogP contribution in [0.25, 0.3) is 0 Å². The third-order valence-corrected chi connectivity index (χ3v) is 4.70. The maximum Gasteiger partial charge on any atom is 0.255 e. The van der Waals surface area contributed by atoms with Crippen molar-refractivity contribution < 1.29 is 14.3 Å². The molecule has 3 aromatic rings. The summed E-state index contributed by atoms with van der Waals surface area (Å²) in [6.07, 6.45) is 0. The van der Waals surface area contributed by atoms with Gasteiger partial charge in [0.25, 0.3) is 5.91 Å². The zero-order valence-corrected chi connectivity index (χ0v) is 17.0. The van der Waals surface area contributed by atoms with Gasteiger partial charge in [0.2, 0.25) is 0 Å². The van der Waals surface area contributed by atoms with Crippen LogP contribution in [0.5, 0.6) is 11.5 Å². The molecular weight excluding hydrogens is 397 g/mol. The summed E-state index contributed by atoms with van der Waals surface area (Å²) >= 11 is 12.1. The molecule has 0 aliphatic heterocycles. The Bertz CT molecular complexity index is 988. The fourth-order valence-electron chi connectivity index (χ4n) is 2.62. The second kappa shape index (κ2) is 9.00. The highest BCUT2D eigenvalue weighted by atomic mass is 35.5. The molecule has 0 fully saturated rings. The van der Waals surface area contributed by atoms with Crippen molar-refractivity contribution in [2.24, 2.45) is 0 Å². The van der Waals surface area contributed by atoms with Gasteiger partial charge in [-0.15, -0.1) is 0 Å². The van der Waals surface area contributed by atoms with E-state index < -0.39 is 0 Å². The van der Waals surface area contributed by atoms with E-state index in [0.717, 1.165) is 16.9 Å². The predicted octanol–water partition coefficient (Wildman–Crippen LogP) is 6.14. The number of aryl methyl sites for hydroxylation is 1. The van der Waals surface area contributed by atoms with Gasteiger partial charge in [-0.2, -0.15) is 0 Å². The van der Waals surface area contributed by atoms with E-state index in [2.05, 4.69) is 5.32 Å². The number of methoxy groups -OCH3 is 1. The number of ether oxygens (including phenoxy) is 2. The number of rotatable bonds is 6. The number of halogens is 2. The van der Waals surface area contributed by atoms with E-state index in [1.54, 1.807) is 43.5 Å². The summed E-state index contributed by atoms with van der Waals surface area (Å²) in [6.45, 7) is 2.28. The third-order valence-electron chi connectivity index (χ3n) is 4.13. The molecule has 0 heterocycles. The Morgan fingerprint density at radius 1 is 1.00 bits per heavy atom. The molecule has 0 aliphatic rings. The zero-order valence-electron chi connectivity index (χ0n) is 15.5. The van der Waals surface area contributed by atoms with Crippen LogP contribution in [0.4, 0.5) is 5.69 Å². The summed E-state index contributed by atoms with van der Waals surface area (Å²) in [7, 11) is 1.58. The number of hydrogen-bond acceptors (Lipinski definition) is 3. The molecule has 0 aliphatic carbocycles. The minimum atomic E-state index is -0.302. The first-order chi connectivity index (χ1) is 13.5. The number of hydrogen-bond donors (Lipinski definition) is 1. The lowest BCUT2D eigenvalue weighted by Gasteiger charge is -2.13. The Balaban J connectivity index is 1.78. The molecule has 6 heteroatoms. The summed E-state index contributed by atoms with van der Waals surface area (Å²) in [5.41, 5.74) is 2.82. The van der Waals surface area contributed by atoms with Crippen molar-refractivity contribution in [2.45, 2.75) is 13.5 Å². The number of carbonyl (C=O) groups is 1. The Hall–Kier alpha value is -2.69. The molecule has 0 saturated carbocycles. The van der Waals surface area contributed by atoms with Crippen LogP contribution in [0.3, 0.4) is 0 Å². The van der Waals surface area contributed by atoms with Gasteiger partial charge in [-0.25, -0.2) is 0 Å². The molecule has 0 bridgehead atoms. The van der Waals surface area contributed by atoms with Crippen LogP contribution in [-0.4, -0.2) is 13.0 Å². The monoisotopic (exact) mass is 415 g/mol. The Kier molecular flexibility index (Phi) is 6.45. The summed E-state index contributed by atoms with van der Waals surface area (Å²) in [4.78, 5) is 12.6. The molecule has 0 radical (unpaired) electrons. The van der Waals surface area contributed by atoms with Crippen molar-refractivity contribution in [3.05, 3.63) is 87.4 Å². The van der Waals surface area contributed by atoms with Crippen LogP contribution in [-0.2, 0) is 6.61 Å². The van der Waals surface area contributed by atoms with Crippen molar-refractivity contribution in [3.63, 3.8) is 0 Å². The number of carbonyl (C=O) groups excluding carboxylic acids is 1. The van der Waals surface area contributed by atoms with E-state index in [1.165, 1.54) is 0 Å². The lowest BCUT2D eigenvalue weighted by molar-refractivity contribution is 0.102. The largest absolute Gasteiger partial charge is 0.496 e. The van der Waals surface area contributed by atoms with Gasteiger partial charge in [0, 0.05) is 16.1 Å². The van der Waals surface area contributed by atoms with E-state index in [4.69, 9.17) is 32.7 Å². The highest BCUT2D eigenvalue weighted by Crippen LogP contribution is 2.27. The van der Waals surface area contributed by atoms with Crippen LogP contribution in [0.2, 0.25) is 10.0 Å². The van der Waals surface area contributed by atoms with Crippen molar-refractivity contribution in [1.82, 2.24) is 0 Å². The minimum Gasteiger partial charge on any atom is -0.496 e. The lowest BCUT2D eigenvalue weighted by Crippen LogP contribution is -2.13. The van der Waals surface area contributed by atoms with Crippen molar-refractivity contribution in [3.8, 4) is 11.5 Å². The first-order valence-electron chi connectivity index (χ1n) is 8.59. The van der Waals surface area contributed by atoms with E-state index in [9.17, 15) is 4.79 Å². The molecule has 1 N–H and O–H groups in total. The lowest BCUT2D eigenvalue weighted by atomic mass is 10.1. The molecule has 0 atom stereocenters. The maximum absolute atomic E-state index is 12.6. The van der Waals surface area contributed by atoms with Crippen LogP contribution in [0, 0.1) is 6.92 Å². The zero-order chi connectivity index (χ0) is 20.1. The van der Waals surface area contributed by atoms with Crippen LogP contribution in [0.1, 0.15) is 21.5 Å². The van der Waals surface area contributed by atoms with E-state index in [0.29, 0.717) is 27.0 Å². The summed E-state index contributed by atoms with van der Waals surface area (Å²) in [6, 6.07) is 17.8. The van der Waals surface area contributed by atoms with Gasteiger partial charge in [0.05, 0.1) is 17.8 Å². The molecule has 3 rings (SSSR count). The fraction of sp³-hybridized carbons (Fsp3) is 0.136. The van der Waals surface area contributed by atoms with Gasteiger partial charge in [0.15, 0.2) is 0 Å². The standard InChI is InChI=1S/C22H19Cl2NO3/c1-14-3-7-18(8-4-14)28-13-16-11-15(5-10-21(16)27-2)22(26)25-20-12-17(23)6-9-19(20)24/h3-12H,13H2,1-2H3,(H,25,26). The van der Waals surface area contributed by atoms with Gasteiger partial charge in [-0.05, 0) is 55.5 Å². The first kappa shape index (κ1) is 20.1. The number of benzene rings is 3. The molecule has 0 unspecified atom stereocenters. The van der Waals surface area contributed by atoms with Gasteiger partial charge < -0.3 is 14.8 Å². The maximum atomic E-state index is 12.6. The summed E-state index contributed by atoms with van der Waals surface area (Å²) in [5, 5.41) is 3.67. The van der Waals surface area contributed by atoms with Crippen molar-refractivity contribution >= 4 is 34.8 Å². The molecule has 0 spiro atoms. The average Bonchev–Trinajstić information content (AvgIpc) is 2.70.